The van der Waals surface area contributed by atoms with E-state index >= 15 is 0 Å². The Hall–Kier alpha value is -3.62. The summed E-state index contributed by atoms with van der Waals surface area (Å²) in [5.74, 6) is -2.59. The summed E-state index contributed by atoms with van der Waals surface area (Å²) in [7, 11) is 0. The lowest BCUT2D eigenvalue weighted by atomic mass is 10.0. The molecule has 2 atom stereocenters. The van der Waals surface area contributed by atoms with Crippen molar-refractivity contribution in [2.75, 3.05) is 6.54 Å². The van der Waals surface area contributed by atoms with Crippen LogP contribution in [0.5, 0.6) is 5.75 Å². The number of phenols is 1. The van der Waals surface area contributed by atoms with Crippen LogP contribution in [0.4, 0.5) is 8.78 Å². The Balaban J connectivity index is 1.65. The summed E-state index contributed by atoms with van der Waals surface area (Å²) in [4.78, 5) is 25.2. The molecule has 0 aliphatic carbocycles. The van der Waals surface area contributed by atoms with Crippen molar-refractivity contribution in [3.8, 4) is 5.75 Å². The zero-order valence-corrected chi connectivity index (χ0v) is 21.7. The summed E-state index contributed by atoms with van der Waals surface area (Å²) in [6.07, 6.45) is -0.185. The number of aryl methyl sites for hydroxylation is 2. The number of halogens is 2. The normalized spacial score (nSPS) is 12.7. The molecule has 8 heteroatoms. The van der Waals surface area contributed by atoms with Crippen molar-refractivity contribution in [3.63, 3.8) is 0 Å². The summed E-state index contributed by atoms with van der Waals surface area (Å²) < 4.78 is 33.0. The highest BCUT2D eigenvalue weighted by Crippen LogP contribution is 2.21. The second-order valence-corrected chi connectivity index (χ2v) is 9.42. The SMILES string of the molecule is CCc1cccc(CNC[C@@H](OC(=O)CCC(=O)c2cc(C)ccc2O)[C@@H](N)Cc2cc(F)cc(F)c2)c1. The number of ketones is 1. The molecule has 0 saturated heterocycles. The number of nitrogens with one attached hydrogen (secondary N) is 1. The van der Waals surface area contributed by atoms with E-state index in [1.807, 2.05) is 18.2 Å². The molecule has 0 heterocycles. The quantitative estimate of drug-likeness (QED) is 0.220. The van der Waals surface area contributed by atoms with Crippen LogP contribution >= 0.6 is 0 Å². The molecule has 0 aromatic heterocycles. The van der Waals surface area contributed by atoms with Gasteiger partial charge in [0.2, 0.25) is 0 Å². The second kappa shape index (κ2) is 13.8. The zero-order valence-electron chi connectivity index (χ0n) is 21.7. The highest BCUT2D eigenvalue weighted by molar-refractivity contribution is 6.00. The first kappa shape index (κ1) is 28.9. The van der Waals surface area contributed by atoms with Gasteiger partial charge in [-0.25, -0.2) is 8.78 Å². The second-order valence-electron chi connectivity index (χ2n) is 9.42. The smallest absolute Gasteiger partial charge is 0.306 e. The average molecular weight is 525 g/mol. The van der Waals surface area contributed by atoms with Crippen molar-refractivity contribution >= 4 is 11.8 Å². The molecule has 0 aliphatic rings. The number of rotatable bonds is 13. The van der Waals surface area contributed by atoms with E-state index in [1.165, 1.54) is 23.8 Å². The third-order valence-electron chi connectivity index (χ3n) is 6.24. The lowest BCUT2D eigenvalue weighted by molar-refractivity contribution is -0.149. The molecule has 0 bridgehead atoms. The van der Waals surface area contributed by atoms with Crippen molar-refractivity contribution < 1.29 is 28.2 Å². The molecule has 0 amide bonds. The predicted molar refractivity (Wildman–Crippen MR) is 142 cm³/mol. The highest BCUT2D eigenvalue weighted by Gasteiger charge is 2.24. The number of benzene rings is 3. The van der Waals surface area contributed by atoms with E-state index < -0.39 is 29.7 Å². The van der Waals surface area contributed by atoms with Gasteiger partial charge < -0.3 is 20.9 Å². The van der Waals surface area contributed by atoms with Gasteiger partial charge in [0, 0.05) is 31.6 Å². The summed E-state index contributed by atoms with van der Waals surface area (Å²) in [6.45, 7) is 4.58. The van der Waals surface area contributed by atoms with Crippen molar-refractivity contribution in [2.45, 2.75) is 58.2 Å². The van der Waals surface area contributed by atoms with Crippen LogP contribution in [0.3, 0.4) is 0 Å². The fraction of sp³-hybridized carbons (Fsp3) is 0.333. The molecule has 38 heavy (non-hydrogen) atoms. The van der Waals surface area contributed by atoms with Gasteiger partial charge in [-0.3, -0.25) is 9.59 Å². The van der Waals surface area contributed by atoms with E-state index in [2.05, 4.69) is 18.3 Å². The molecular formula is C30H34F2N2O4. The first-order valence-electron chi connectivity index (χ1n) is 12.7. The molecule has 0 unspecified atom stereocenters. The van der Waals surface area contributed by atoms with Crippen molar-refractivity contribution in [2.24, 2.45) is 5.73 Å². The Labute approximate surface area is 221 Å². The molecule has 3 aromatic rings. The number of Topliss-reactive ketones (excluding diaryl/α,β-unsaturated/α-hetero) is 1. The molecule has 6 nitrogen and oxygen atoms in total. The van der Waals surface area contributed by atoms with Gasteiger partial charge in [0.15, 0.2) is 5.78 Å². The van der Waals surface area contributed by atoms with Gasteiger partial charge >= 0.3 is 5.97 Å². The lowest BCUT2D eigenvalue weighted by Gasteiger charge is -2.25. The van der Waals surface area contributed by atoms with Gasteiger partial charge in [-0.2, -0.15) is 0 Å². The Morgan fingerprint density at radius 1 is 0.974 bits per heavy atom. The minimum Gasteiger partial charge on any atom is -0.507 e. The topological polar surface area (TPSA) is 102 Å². The van der Waals surface area contributed by atoms with Gasteiger partial charge in [0.25, 0.3) is 0 Å². The Bertz CT molecular complexity index is 1240. The fourth-order valence-electron chi connectivity index (χ4n) is 4.18. The standard InChI is InChI=1S/C30H34F2N2O4/c1-3-20-5-4-6-21(12-20)17-34-18-29(26(33)15-22-13-23(31)16-24(32)14-22)38-30(37)10-9-28(36)25-11-19(2)7-8-27(25)35/h4-8,11-14,16,26,29,34-35H,3,9-10,15,17-18,33H2,1-2H3/t26-,29+/m0/s1. The van der Waals surface area contributed by atoms with Crippen LogP contribution in [-0.2, 0) is 28.9 Å². The van der Waals surface area contributed by atoms with Gasteiger partial charge in [0.1, 0.15) is 23.5 Å². The molecule has 0 aliphatic heterocycles. The molecule has 3 aromatic carbocycles. The third kappa shape index (κ3) is 8.75. The zero-order chi connectivity index (χ0) is 27.7. The van der Waals surface area contributed by atoms with Gasteiger partial charge in [-0.1, -0.05) is 42.8 Å². The molecule has 0 saturated carbocycles. The fourth-order valence-corrected chi connectivity index (χ4v) is 4.18. The number of hydrogen-bond donors (Lipinski definition) is 3. The number of ether oxygens (including phenoxy) is 1. The minimum absolute atomic E-state index is 0.0791. The van der Waals surface area contributed by atoms with Gasteiger partial charge in [0.05, 0.1) is 12.0 Å². The molecule has 202 valence electrons. The first-order valence-corrected chi connectivity index (χ1v) is 12.7. The van der Waals surface area contributed by atoms with Crippen molar-refractivity contribution in [1.82, 2.24) is 5.32 Å². The molecule has 3 rings (SSSR count). The summed E-state index contributed by atoms with van der Waals surface area (Å²) >= 11 is 0. The number of esters is 1. The van der Waals surface area contributed by atoms with Crippen LogP contribution in [-0.4, -0.2) is 35.5 Å². The van der Waals surface area contributed by atoms with E-state index in [4.69, 9.17) is 10.5 Å². The molecule has 0 fully saturated rings. The number of carbonyl (C=O) groups excluding carboxylic acids is 2. The monoisotopic (exact) mass is 524 g/mol. The molecule has 0 radical (unpaired) electrons. The Kier molecular flexibility index (Phi) is 10.5. The van der Waals surface area contributed by atoms with Crippen LogP contribution in [0.15, 0.2) is 60.7 Å². The van der Waals surface area contributed by atoms with Crippen LogP contribution in [0.25, 0.3) is 0 Å². The van der Waals surface area contributed by atoms with E-state index in [-0.39, 0.29) is 42.9 Å². The van der Waals surface area contributed by atoms with E-state index in [0.29, 0.717) is 12.1 Å². The Morgan fingerprint density at radius 2 is 1.68 bits per heavy atom. The highest BCUT2D eigenvalue weighted by atomic mass is 19.1. The number of aromatic hydroxyl groups is 1. The number of carbonyl (C=O) groups is 2. The lowest BCUT2D eigenvalue weighted by Crippen LogP contribution is -2.46. The maximum atomic E-state index is 13.7. The minimum atomic E-state index is -0.814. The number of hydrogen-bond acceptors (Lipinski definition) is 6. The summed E-state index contributed by atoms with van der Waals surface area (Å²) in [5.41, 5.74) is 9.90. The summed E-state index contributed by atoms with van der Waals surface area (Å²) in [5, 5.41) is 13.2. The van der Waals surface area contributed by atoms with Crippen LogP contribution in [0.1, 0.15) is 52.4 Å². The van der Waals surface area contributed by atoms with Crippen LogP contribution in [0, 0.1) is 18.6 Å². The van der Waals surface area contributed by atoms with Gasteiger partial charge in [-0.15, -0.1) is 0 Å². The number of nitrogens with two attached hydrogens (primary N) is 1. The average Bonchev–Trinajstić information content (AvgIpc) is 2.87. The van der Waals surface area contributed by atoms with E-state index in [9.17, 15) is 23.5 Å². The molecule has 0 spiro atoms. The van der Waals surface area contributed by atoms with Crippen molar-refractivity contribution in [3.05, 3.63) is 100 Å². The van der Waals surface area contributed by atoms with Crippen LogP contribution < -0.4 is 11.1 Å². The summed E-state index contributed by atoms with van der Waals surface area (Å²) in [6, 6.07) is 15.2. The largest absolute Gasteiger partial charge is 0.507 e. The number of phenolic OH excluding ortho intramolecular Hbond substituents is 1. The predicted octanol–water partition coefficient (Wildman–Crippen LogP) is 4.78. The maximum absolute atomic E-state index is 13.7. The third-order valence-corrected chi connectivity index (χ3v) is 6.24. The van der Waals surface area contributed by atoms with Gasteiger partial charge in [-0.05, 0) is 60.7 Å². The van der Waals surface area contributed by atoms with E-state index in [1.54, 1.807) is 19.1 Å². The molecule has 4 N–H and O–H groups in total. The molecular weight excluding hydrogens is 490 g/mol. The van der Waals surface area contributed by atoms with Crippen LogP contribution in [0.2, 0.25) is 0 Å². The Morgan fingerprint density at radius 3 is 2.39 bits per heavy atom. The maximum Gasteiger partial charge on any atom is 0.306 e. The van der Waals surface area contributed by atoms with Crippen molar-refractivity contribution in [1.29, 1.82) is 0 Å². The first-order chi connectivity index (χ1) is 18.1. The van der Waals surface area contributed by atoms with E-state index in [0.717, 1.165) is 23.6 Å².